The number of allylic oxidation sites excluding steroid dienone is 1. The molecule has 1 unspecified atom stereocenters. The molecule has 4 nitrogen and oxygen atoms in total. The van der Waals surface area contributed by atoms with Gasteiger partial charge in [-0.05, 0) is 12.2 Å². The third kappa shape index (κ3) is 0.480. The maximum absolute atomic E-state index is 4.32. The van der Waals surface area contributed by atoms with Crippen molar-refractivity contribution in [2.45, 2.75) is 5.54 Å². The summed E-state index contributed by atoms with van der Waals surface area (Å²) in [6, 6.07) is 0. The standard InChI is InChI=1S/C8H6N4/c1-3-9-7-8(2-4-10-7)6(1)11-5-12-8/h1-5H,(H,11,12). The zero-order valence-electron chi connectivity index (χ0n) is 6.23. The number of aliphatic imine (C=N–C) groups is 3. The average molecular weight is 158 g/mol. The first-order chi connectivity index (χ1) is 5.92. The van der Waals surface area contributed by atoms with Crippen LogP contribution in [0.15, 0.2) is 39.0 Å². The first kappa shape index (κ1) is 5.88. The second kappa shape index (κ2) is 1.72. The van der Waals surface area contributed by atoms with Crippen molar-refractivity contribution < 1.29 is 0 Å². The predicted molar refractivity (Wildman–Crippen MR) is 47.5 cm³/mol. The highest BCUT2D eigenvalue weighted by Crippen LogP contribution is 2.32. The van der Waals surface area contributed by atoms with Gasteiger partial charge in [-0.3, -0.25) is 4.99 Å². The summed E-state index contributed by atoms with van der Waals surface area (Å²) in [4.78, 5) is 12.6. The molecule has 12 heavy (non-hydrogen) atoms. The fraction of sp³-hybridized carbons (Fsp3) is 0.125. The topological polar surface area (TPSA) is 49.1 Å². The van der Waals surface area contributed by atoms with Gasteiger partial charge in [0.1, 0.15) is 0 Å². The molecule has 0 amide bonds. The molecule has 1 spiro atoms. The van der Waals surface area contributed by atoms with Gasteiger partial charge in [0.2, 0.25) is 0 Å². The Hall–Kier alpha value is -1.71. The van der Waals surface area contributed by atoms with Gasteiger partial charge in [-0.15, -0.1) is 0 Å². The van der Waals surface area contributed by atoms with E-state index in [-0.39, 0.29) is 0 Å². The largest absolute Gasteiger partial charge is 0.347 e. The molecule has 3 aliphatic heterocycles. The van der Waals surface area contributed by atoms with E-state index in [2.05, 4.69) is 20.3 Å². The molecule has 1 atom stereocenters. The summed E-state index contributed by atoms with van der Waals surface area (Å²) in [6.45, 7) is 0. The summed E-state index contributed by atoms with van der Waals surface area (Å²) >= 11 is 0. The van der Waals surface area contributed by atoms with Gasteiger partial charge in [0.05, 0.1) is 12.0 Å². The van der Waals surface area contributed by atoms with Crippen LogP contribution < -0.4 is 5.32 Å². The summed E-state index contributed by atoms with van der Waals surface area (Å²) in [6.07, 6.45) is 9.03. The Labute approximate surface area is 69.1 Å². The zero-order valence-corrected chi connectivity index (χ0v) is 6.23. The van der Waals surface area contributed by atoms with E-state index in [1.54, 1.807) is 18.8 Å². The molecule has 0 fully saturated rings. The van der Waals surface area contributed by atoms with Gasteiger partial charge in [0, 0.05) is 12.4 Å². The SMILES string of the molecule is C1=CC23N=CNC2=CC=NC3=N1. The Morgan fingerprint density at radius 2 is 2.42 bits per heavy atom. The van der Waals surface area contributed by atoms with E-state index >= 15 is 0 Å². The molecular weight excluding hydrogens is 152 g/mol. The van der Waals surface area contributed by atoms with Crippen LogP contribution in [-0.2, 0) is 0 Å². The maximum Gasteiger partial charge on any atom is 0.181 e. The second-order valence-corrected chi connectivity index (χ2v) is 2.80. The second-order valence-electron chi connectivity index (χ2n) is 2.80. The molecule has 1 N–H and O–H groups in total. The molecule has 3 aliphatic rings. The van der Waals surface area contributed by atoms with Crippen LogP contribution in [0.2, 0.25) is 0 Å². The van der Waals surface area contributed by atoms with Crippen molar-refractivity contribution in [3.63, 3.8) is 0 Å². The van der Waals surface area contributed by atoms with Gasteiger partial charge in [0.15, 0.2) is 11.4 Å². The Morgan fingerprint density at radius 1 is 1.42 bits per heavy atom. The van der Waals surface area contributed by atoms with Crippen LogP contribution in [0.3, 0.4) is 0 Å². The fourth-order valence-corrected chi connectivity index (χ4v) is 1.57. The number of hydrogen-bond donors (Lipinski definition) is 1. The molecule has 0 aromatic rings. The van der Waals surface area contributed by atoms with Crippen LogP contribution in [-0.4, -0.2) is 23.9 Å². The lowest BCUT2D eigenvalue weighted by molar-refractivity contribution is 0.827. The molecular formula is C8H6N4. The lowest BCUT2D eigenvalue weighted by Crippen LogP contribution is -2.36. The van der Waals surface area contributed by atoms with Crippen LogP contribution >= 0.6 is 0 Å². The van der Waals surface area contributed by atoms with Gasteiger partial charge in [-0.1, -0.05) is 0 Å². The van der Waals surface area contributed by atoms with Gasteiger partial charge < -0.3 is 5.32 Å². The van der Waals surface area contributed by atoms with Gasteiger partial charge in [-0.2, -0.15) is 0 Å². The van der Waals surface area contributed by atoms with Crippen LogP contribution in [0.4, 0.5) is 0 Å². The van der Waals surface area contributed by atoms with Crippen LogP contribution in [0.5, 0.6) is 0 Å². The van der Waals surface area contributed by atoms with Crippen molar-refractivity contribution in [1.82, 2.24) is 5.32 Å². The quantitative estimate of drug-likeness (QED) is 0.539. The van der Waals surface area contributed by atoms with Gasteiger partial charge >= 0.3 is 0 Å². The average Bonchev–Trinajstić information content (AvgIpc) is 2.63. The maximum atomic E-state index is 4.32. The molecule has 0 saturated carbocycles. The van der Waals surface area contributed by atoms with Crippen molar-refractivity contribution in [2.24, 2.45) is 15.0 Å². The number of dihydropyridines is 1. The normalized spacial score (nSPS) is 34.0. The monoisotopic (exact) mass is 158 g/mol. The highest BCUT2D eigenvalue weighted by Gasteiger charge is 2.43. The van der Waals surface area contributed by atoms with E-state index in [4.69, 9.17) is 0 Å². The molecule has 0 aromatic heterocycles. The summed E-state index contributed by atoms with van der Waals surface area (Å²) < 4.78 is 0. The lowest BCUT2D eigenvalue weighted by atomic mass is 9.95. The Kier molecular flexibility index (Phi) is 0.841. The lowest BCUT2D eigenvalue weighted by Gasteiger charge is -2.21. The Bertz CT molecular complexity index is 386. The van der Waals surface area contributed by atoms with Crippen LogP contribution in [0.1, 0.15) is 0 Å². The number of nitrogens with one attached hydrogen (secondary N) is 1. The zero-order chi connectivity index (χ0) is 8.02. The minimum Gasteiger partial charge on any atom is -0.347 e. The van der Waals surface area contributed by atoms with Crippen molar-refractivity contribution in [3.8, 4) is 0 Å². The third-order valence-electron chi connectivity index (χ3n) is 2.19. The summed E-state index contributed by atoms with van der Waals surface area (Å²) in [5.74, 6) is 0.751. The molecule has 0 bridgehead atoms. The Balaban J connectivity index is 2.28. The van der Waals surface area contributed by atoms with Crippen molar-refractivity contribution in [3.05, 3.63) is 24.0 Å². The van der Waals surface area contributed by atoms with Crippen molar-refractivity contribution in [2.75, 3.05) is 0 Å². The Morgan fingerprint density at radius 3 is 3.42 bits per heavy atom. The van der Waals surface area contributed by atoms with E-state index in [9.17, 15) is 0 Å². The molecule has 3 heterocycles. The molecule has 0 aromatic carbocycles. The van der Waals surface area contributed by atoms with Crippen LogP contribution in [0, 0.1) is 0 Å². The van der Waals surface area contributed by atoms with E-state index < -0.39 is 5.54 Å². The third-order valence-corrected chi connectivity index (χ3v) is 2.19. The predicted octanol–water partition coefficient (Wildman–Crippen LogP) is 0.251. The minimum atomic E-state index is -0.408. The highest BCUT2D eigenvalue weighted by atomic mass is 15.2. The van der Waals surface area contributed by atoms with E-state index in [0.717, 1.165) is 11.5 Å². The molecule has 0 saturated heterocycles. The smallest absolute Gasteiger partial charge is 0.181 e. The van der Waals surface area contributed by atoms with Gasteiger partial charge in [-0.25, -0.2) is 9.98 Å². The first-order valence-corrected chi connectivity index (χ1v) is 3.73. The highest BCUT2D eigenvalue weighted by molar-refractivity contribution is 6.09. The van der Waals surface area contributed by atoms with Crippen molar-refractivity contribution >= 4 is 18.4 Å². The number of rotatable bonds is 0. The molecule has 4 heteroatoms. The summed E-state index contributed by atoms with van der Waals surface area (Å²) in [5.41, 5.74) is 0.624. The van der Waals surface area contributed by atoms with E-state index in [0.29, 0.717) is 0 Å². The number of hydrogen-bond acceptors (Lipinski definition) is 4. The number of nitrogens with zero attached hydrogens (tertiary/aromatic N) is 3. The van der Waals surface area contributed by atoms with Crippen LogP contribution in [0.25, 0.3) is 0 Å². The summed E-state index contributed by atoms with van der Waals surface area (Å²) in [5, 5.41) is 3.07. The molecule has 0 aliphatic carbocycles. The molecule has 58 valence electrons. The van der Waals surface area contributed by atoms with E-state index in [1.165, 1.54) is 0 Å². The minimum absolute atomic E-state index is 0.408. The van der Waals surface area contributed by atoms with Crippen molar-refractivity contribution in [1.29, 1.82) is 0 Å². The fourth-order valence-electron chi connectivity index (χ4n) is 1.57. The molecule has 3 rings (SSSR count). The van der Waals surface area contributed by atoms with E-state index in [1.807, 2.05) is 12.2 Å². The summed E-state index contributed by atoms with van der Waals surface area (Å²) in [7, 11) is 0. The van der Waals surface area contributed by atoms with Gasteiger partial charge in [0.25, 0.3) is 0 Å². The number of amidine groups is 1. The molecule has 0 radical (unpaired) electrons. The first-order valence-electron chi connectivity index (χ1n) is 3.73.